The molecule has 1 aromatic heterocycles. The summed E-state index contributed by atoms with van der Waals surface area (Å²) in [5, 5.41) is 3.24. The fraction of sp³-hybridized carbons (Fsp3) is 0.706. The molecule has 5 heteroatoms. The average Bonchev–Trinajstić information content (AvgIpc) is 2.74. The zero-order valence-electron chi connectivity index (χ0n) is 14.5. The molecule has 1 N–H and O–H groups in total. The van der Waals surface area contributed by atoms with Crippen LogP contribution in [0.2, 0.25) is 0 Å². The molecular weight excluding hydrogens is 298 g/mol. The van der Waals surface area contributed by atoms with Gasteiger partial charge in [0.1, 0.15) is 0 Å². The zero-order chi connectivity index (χ0) is 15.6. The van der Waals surface area contributed by atoms with Crippen LogP contribution in [0.3, 0.4) is 0 Å². The number of likely N-dealkylation sites (tertiary alicyclic amines) is 1. The quantitative estimate of drug-likeness (QED) is 0.922. The van der Waals surface area contributed by atoms with Gasteiger partial charge in [0.25, 0.3) is 5.91 Å². The molecule has 0 unspecified atom stereocenters. The van der Waals surface area contributed by atoms with E-state index in [1.54, 1.807) is 0 Å². The number of aromatic nitrogens is 1. The van der Waals surface area contributed by atoms with Crippen LogP contribution in [0.25, 0.3) is 0 Å². The summed E-state index contributed by atoms with van der Waals surface area (Å²) in [7, 11) is 2.00. The van der Waals surface area contributed by atoms with Crippen LogP contribution in [0.5, 0.6) is 0 Å². The van der Waals surface area contributed by atoms with Crippen molar-refractivity contribution < 1.29 is 4.79 Å². The second-order valence-corrected chi connectivity index (χ2v) is 6.54. The molecule has 126 valence electrons. The highest BCUT2D eigenvalue weighted by Gasteiger charge is 2.26. The number of aryl methyl sites for hydroxylation is 1. The number of hydrogen-bond acceptors (Lipinski definition) is 2. The molecule has 0 saturated carbocycles. The maximum Gasteiger partial charge on any atom is 0.255 e. The van der Waals surface area contributed by atoms with E-state index in [1.165, 1.54) is 5.69 Å². The number of piperidine rings is 1. The predicted molar refractivity (Wildman–Crippen MR) is 94.1 cm³/mol. The lowest BCUT2D eigenvalue weighted by Crippen LogP contribution is -2.40. The second kappa shape index (κ2) is 8.02. The zero-order valence-corrected chi connectivity index (χ0v) is 15.3. The van der Waals surface area contributed by atoms with Crippen LogP contribution in [0.1, 0.15) is 54.5 Å². The van der Waals surface area contributed by atoms with Crippen molar-refractivity contribution in [2.24, 2.45) is 5.92 Å². The molecule has 1 aromatic rings. The highest BCUT2D eigenvalue weighted by atomic mass is 35.5. The monoisotopic (exact) mass is 327 g/mol. The molecule has 0 aromatic carbocycles. The Hall–Kier alpha value is -1.00. The minimum Gasteiger partial charge on any atom is -0.346 e. The smallest absolute Gasteiger partial charge is 0.255 e. The number of carbonyl (C=O) groups is 1. The van der Waals surface area contributed by atoms with Crippen molar-refractivity contribution in [2.75, 3.05) is 26.7 Å². The van der Waals surface area contributed by atoms with Gasteiger partial charge in [0.05, 0.1) is 5.56 Å². The van der Waals surface area contributed by atoms with E-state index in [1.807, 2.05) is 11.9 Å². The first kappa shape index (κ1) is 19.0. The predicted octanol–water partition coefficient (Wildman–Crippen LogP) is 3.18. The summed E-state index contributed by atoms with van der Waals surface area (Å²) in [5.74, 6) is 0.917. The van der Waals surface area contributed by atoms with E-state index in [0.717, 1.165) is 43.7 Å². The minimum atomic E-state index is 0. The molecule has 0 spiro atoms. The van der Waals surface area contributed by atoms with Gasteiger partial charge in [-0.3, -0.25) is 4.79 Å². The number of hydrogen-bond donors (Lipinski definition) is 1. The fourth-order valence-electron chi connectivity index (χ4n) is 3.59. The van der Waals surface area contributed by atoms with E-state index in [2.05, 4.69) is 43.6 Å². The van der Waals surface area contributed by atoms with Gasteiger partial charge in [-0.15, -0.1) is 12.4 Å². The van der Waals surface area contributed by atoms with Gasteiger partial charge in [0, 0.05) is 30.5 Å². The summed E-state index contributed by atoms with van der Waals surface area (Å²) in [6.45, 7) is 11.3. The van der Waals surface area contributed by atoms with Gasteiger partial charge in [-0.2, -0.15) is 0 Å². The van der Waals surface area contributed by atoms with Crippen molar-refractivity contribution in [1.29, 1.82) is 0 Å². The highest BCUT2D eigenvalue weighted by molar-refractivity contribution is 5.95. The van der Waals surface area contributed by atoms with Gasteiger partial charge in [-0.1, -0.05) is 0 Å². The van der Waals surface area contributed by atoms with Crippen molar-refractivity contribution in [3.8, 4) is 0 Å². The lowest BCUT2D eigenvalue weighted by molar-refractivity contribution is 0.0690. The highest BCUT2D eigenvalue weighted by Crippen LogP contribution is 2.24. The van der Waals surface area contributed by atoms with E-state index in [9.17, 15) is 4.79 Å². The standard InChI is InChI=1S/C17H29N3O.ClH/c1-12(2)20-13(3)10-16(14(20)4)17(21)19-8-6-15(7-9-19)11-18-5;/h10,12,15,18H,6-9,11H2,1-5H3;1H. The molecule has 1 aliphatic heterocycles. The van der Waals surface area contributed by atoms with E-state index in [4.69, 9.17) is 0 Å². The minimum absolute atomic E-state index is 0. The van der Waals surface area contributed by atoms with Crippen molar-refractivity contribution >= 4 is 18.3 Å². The number of nitrogens with one attached hydrogen (secondary N) is 1. The van der Waals surface area contributed by atoms with E-state index in [-0.39, 0.29) is 18.3 Å². The summed E-state index contributed by atoms with van der Waals surface area (Å²) in [6.07, 6.45) is 2.21. The summed E-state index contributed by atoms with van der Waals surface area (Å²) in [6, 6.07) is 2.45. The van der Waals surface area contributed by atoms with Crippen molar-refractivity contribution in [3.05, 3.63) is 23.0 Å². The molecule has 2 rings (SSSR count). The molecule has 1 aliphatic rings. The van der Waals surface area contributed by atoms with Crippen LogP contribution in [0.4, 0.5) is 0 Å². The molecular formula is C17H30ClN3O. The van der Waals surface area contributed by atoms with E-state index >= 15 is 0 Å². The Morgan fingerprint density at radius 1 is 1.32 bits per heavy atom. The van der Waals surface area contributed by atoms with Gasteiger partial charge in [0.2, 0.25) is 0 Å². The number of halogens is 1. The molecule has 1 fully saturated rings. The van der Waals surface area contributed by atoms with Gasteiger partial charge in [-0.25, -0.2) is 0 Å². The van der Waals surface area contributed by atoms with Gasteiger partial charge in [-0.05, 0) is 66.1 Å². The summed E-state index contributed by atoms with van der Waals surface area (Å²) < 4.78 is 2.25. The van der Waals surface area contributed by atoms with E-state index < -0.39 is 0 Å². The van der Waals surface area contributed by atoms with Gasteiger partial charge < -0.3 is 14.8 Å². The largest absolute Gasteiger partial charge is 0.346 e. The normalized spacial score (nSPS) is 16.0. The third-order valence-corrected chi connectivity index (χ3v) is 4.63. The van der Waals surface area contributed by atoms with Crippen molar-refractivity contribution in [1.82, 2.24) is 14.8 Å². The van der Waals surface area contributed by atoms with Gasteiger partial charge in [0.15, 0.2) is 0 Å². The molecule has 0 aliphatic carbocycles. The Labute approximate surface area is 140 Å². The van der Waals surface area contributed by atoms with Crippen LogP contribution in [-0.2, 0) is 0 Å². The molecule has 4 nitrogen and oxygen atoms in total. The molecule has 22 heavy (non-hydrogen) atoms. The Balaban J connectivity index is 0.00000242. The van der Waals surface area contributed by atoms with Gasteiger partial charge >= 0.3 is 0 Å². The summed E-state index contributed by atoms with van der Waals surface area (Å²) in [5.41, 5.74) is 3.16. The topological polar surface area (TPSA) is 37.3 Å². The first-order valence-corrected chi connectivity index (χ1v) is 8.08. The molecule has 2 heterocycles. The van der Waals surface area contributed by atoms with Crippen LogP contribution in [-0.4, -0.2) is 42.1 Å². The third-order valence-electron chi connectivity index (χ3n) is 4.63. The summed E-state index contributed by atoms with van der Waals surface area (Å²) in [4.78, 5) is 14.8. The SMILES string of the molecule is CNCC1CCN(C(=O)c2cc(C)n(C(C)C)c2C)CC1.Cl. The Kier molecular flexibility index (Phi) is 6.95. The third kappa shape index (κ3) is 3.85. The molecule has 0 atom stereocenters. The van der Waals surface area contributed by atoms with Crippen molar-refractivity contribution in [3.63, 3.8) is 0 Å². The van der Waals surface area contributed by atoms with Crippen LogP contribution < -0.4 is 5.32 Å². The number of carbonyl (C=O) groups excluding carboxylic acids is 1. The Morgan fingerprint density at radius 2 is 1.91 bits per heavy atom. The van der Waals surface area contributed by atoms with E-state index in [0.29, 0.717) is 12.0 Å². The maximum absolute atomic E-state index is 12.8. The molecule has 0 bridgehead atoms. The average molecular weight is 328 g/mol. The Morgan fingerprint density at radius 3 is 2.36 bits per heavy atom. The molecule has 1 saturated heterocycles. The first-order valence-electron chi connectivity index (χ1n) is 8.08. The van der Waals surface area contributed by atoms with Crippen molar-refractivity contribution in [2.45, 2.75) is 46.6 Å². The first-order chi connectivity index (χ1) is 9.95. The second-order valence-electron chi connectivity index (χ2n) is 6.54. The van der Waals surface area contributed by atoms with Crippen LogP contribution in [0.15, 0.2) is 6.07 Å². The number of rotatable bonds is 4. The Bertz CT molecular complexity index is 502. The lowest BCUT2D eigenvalue weighted by atomic mass is 9.96. The molecule has 0 radical (unpaired) electrons. The number of nitrogens with zero attached hydrogens (tertiary/aromatic N) is 2. The fourth-order valence-corrected chi connectivity index (χ4v) is 3.59. The summed E-state index contributed by atoms with van der Waals surface area (Å²) >= 11 is 0. The van der Waals surface area contributed by atoms with Crippen LogP contribution >= 0.6 is 12.4 Å². The number of amides is 1. The lowest BCUT2D eigenvalue weighted by Gasteiger charge is -2.32. The molecule has 1 amide bonds. The maximum atomic E-state index is 12.8. The van der Waals surface area contributed by atoms with Crippen LogP contribution in [0, 0.1) is 19.8 Å².